The molecule has 1 aliphatic rings. The van der Waals surface area contributed by atoms with Crippen molar-refractivity contribution in [2.75, 3.05) is 0 Å². The van der Waals surface area contributed by atoms with E-state index in [4.69, 9.17) is 0 Å². The van der Waals surface area contributed by atoms with Crippen LogP contribution in [0.15, 0.2) is 0 Å². The third-order valence-corrected chi connectivity index (χ3v) is 5.77. The maximum absolute atomic E-state index is 12.9. The molecule has 0 spiro atoms. The lowest BCUT2D eigenvalue weighted by Gasteiger charge is -2.35. The van der Waals surface area contributed by atoms with Crippen LogP contribution in [0.5, 0.6) is 17.2 Å². The van der Waals surface area contributed by atoms with Crippen molar-refractivity contribution in [2.24, 2.45) is 17.3 Å². The second-order valence-corrected chi connectivity index (χ2v) is 8.25. The van der Waals surface area contributed by atoms with Gasteiger partial charge in [-0.15, -0.1) is 0 Å². The van der Waals surface area contributed by atoms with Gasteiger partial charge in [0.25, 0.3) is 0 Å². The summed E-state index contributed by atoms with van der Waals surface area (Å²) in [6.45, 7) is 6.80. The molecule has 1 saturated carbocycles. The lowest BCUT2D eigenvalue weighted by molar-refractivity contribution is -0.156. The van der Waals surface area contributed by atoms with E-state index in [9.17, 15) is 39.3 Å². The summed E-state index contributed by atoms with van der Waals surface area (Å²) >= 11 is 0. The molecule has 0 radical (unpaired) electrons. The molecule has 2 atom stereocenters. The van der Waals surface area contributed by atoms with Crippen molar-refractivity contribution >= 4 is 28.9 Å². The molecule has 0 amide bonds. The summed E-state index contributed by atoms with van der Waals surface area (Å²) in [5.41, 5.74) is -2.34. The minimum atomic E-state index is -1.61. The summed E-state index contributed by atoms with van der Waals surface area (Å²) in [7, 11) is 0. The molecule has 1 aromatic rings. The summed E-state index contributed by atoms with van der Waals surface area (Å²) < 4.78 is 0. The van der Waals surface area contributed by atoms with E-state index in [1.165, 1.54) is 20.8 Å². The van der Waals surface area contributed by atoms with Gasteiger partial charge in [0, 0.05) is 17.5 Å². The van der Waals surface area contributed by atoms with Gasteiger partial charge in [0.05, 0.1) is 11.3 Å². The van der Waals surface area contributed by atoms with Crippen LogP contribution >= 0.6 is 0 Å². The molecule has 0 aromatic heterocycles. The molecule has 1 aliphatic carbocycles. The van der Waals surface area contributed by atoms with Crippen molar-refractivity contribution in [1.29, 1.82) is 0 Å². The molecule has 8 heteroatoms. The van der Waals surface area contributed by atoms with Gasteiger partial charge in [0.2, 0.25) is 0 Å². The topological polar surface area (TPSA) is 146 Å². The third-order valence-electron chi connectivity index (χ3n) is 5.77. The Bertz CT molecular complexity index is 970. The average Bonchev–Trinajstić information content (AvgIpc) is 2.65. The zero-order valence-electron chi connectivity index (χ0n) is 17.7. The van der Waals surface area contributed by atoms with E-state index in [-0.39, 0.29) is 17.5 Å². The second kappa shape index (κ2) is 8.01. The number of benzene rings is 1. The molecule has 0 aliphatic heterocycles. The largest absolute Gasteiger partial charge is 0.507 e. The van der Waals surface area contributed by atoms with Crippen molar-refractivity contribution in [1.82, 2.24) is 0 Å². The van der Waals surface area contributed by atoms with Crippen molar-refractivity contribution in [3.05, 3.63) is 16.7 Å². The predicted octanol–water partition coefficient (Wildman–Crippen LogP) is 2.21. The first-order valence-corrected chi connectivity index (χ1v) is 9.71. The van der Waals surface area contributed by atoms with E-state index in [0.29, 0.717) is 6.42 Å². The normalized spacial score (nSPS) is 21.0. The fourth-order valence-corrected chi connectivity index (χ4v) is 3.87. The van der Waals surface area contributed by atoms with Crippen LogP contribution in [0.25, 0.3) is 0 Å². The lowest BCUT2D eigenvalue weighted by atomic mass is 9.62. The lowest BCUT2D eigenvalue weighted by Crippen LogP contribution is -2.55. The van der Waals surface area contributed by atoms with Gasteiger partial charge in [-0.3, -0.25) is 24.0 Å². The van der Waals surface area contributed by atoms with E-state index in [1.807, 2.05) is 0 Å². The Balaban J connectivity index is 2.64. The maximum Gasteiger partial charge on any atom is 0.170 e. The standard InChI is InChI=1S/C22H26O8/c1-6-7-13(24)15-17(26)9(2)16(25)11(18(15)27)8-12-19(28)14(10(3)23)21(30)22(4,5)20(12)29/h12,14,25-27H,6-8H2,1-5H3/t12-,14-/m0/s1. The fourth-order valence-electron chi connectivity index (χ4n) is 3.87. The highest BCUT2D eigenvalue weighted by molar-refractivity contribution is 6.33. The summed E-state index contributed by atoms with van der Waals surface area (Å²) in [6.07, 6.45) is -0.0352. The van der Waals surface area contributed by atoms with Crippen molar-refractivity contribution in [3.63, 3.8) is 0 Å². The summed E-state index contributed by atoms with van der Waals surface area (Å²) in [5.74, 6) is -8.60. The van der Waals surface area contributed by atoms with Crippen LogP contribution < -0.4 is 0 Å². The summed E-state index contributed by atoms with van der Waals surface area (Å²) in [4.78, 5) is 62.6. The predicted molar refractivity (Wildman–Crippen MR) is 106 cm³/mol. The highest BCUT2D eigenvalue weighted by Gasteiger charge is 2.55. The molecule has 0 saturated heterocycles. The summed E-state index contributed by atoms with van der Waals surface area (Å²) in [6, 6.07) is 0. The molecule has 2 rings (SSSR count). The highest BCUT2D eigenvalue weighted by atomic mass is 16.3. The highest BCUT2D eigenvalue weighted by Crippen LogP contribution is 2.45. The Morgan fingerprint density at radius 1 is 0.967 bits per heavy atom. The summed E-state index contributed by atoms with van der Waals surface area (Å²) in [5, 5.41) is 31.4. The molecule has 0 unspecified atom stereocenters. The Hall–Kier alpha value is -3.03. The van der Waals surface area contributed by atoms with Gasteiger partial charge in [-0.2, -0.15) is 0 Å². The molecule has 1 fully saturated rings. The Morgan fingerprint density at radius 3 is 2.03 bits per heavy atom. The minimum absolute atomic E-state index is 0.0278. The van der Waals surface area contributed by atoms with Crippen LogP contribution in [0, 0.1) is 24.2 Å². The SMILES string of the molecule is CCCC(=O)c1c(O)c(C)c(O)c(C[C@H]2C(=O)[C@H](C(C)=O)C(=O)C(C)(C)C2=O)c1O. The van der Waals surface area contributed by atoms with E-state index in [0.717, 1.165) is 6.92 Å². The van der Waals surface area contributed by atoms with Crippen molar-refractivity contribution in [2.45, 2.75) is 53.9 Å². The molecular weight excluding hydrogens is 392 g/mol. The molecule has 162 valence electrons. The van der Waals surface area contributed by atoms with Gasteiger partial charge >= 0.3 is 0 Å². The van der Waals surface area contributed by atoms with E-state index in [1.54, 1.807) is 6.92 Å². The Morgan fingerprint density at radius 2 is 1.53 bits per heavy atom. The first-order valence-electron chi connectivity index (χ1n) is 9.71. The fraction of sp³-hybridized carbons (Fsp3) is 0.500. The molecule has 0 heterocycles. The van der Waals surface area contributed by atoms with E-state index in [2.05, 4.69) is 0 Å². The van der Waals surface area contributed by atoms with Gasteiger partial charge in [0.1, 0.15) is 34.5 Å². The number of ketones is 5. The number of carbonyl (C=O) groups excluding carboxylic acids is 5. The monoisotopic (exact) mass is 418 g/mol. The van der Waals surface area contributed by atoms with E-state index >= 15 is 0 Å². The number of Topliss-reactive ketones (excluding diaryl/α,β-unsaturated/α-hetero) is 5. The van der Waals surface area contributed by atoms with Crippen LogP contribution in [-0.2, 0) is 25.6 Å². The zero-order chi connectivity index (χ0) is 23.1. The first-order chi connectivity index (χ1) is 13.8. The Kier molecular flexibility index (Phi) is 6.21. The number of aromatic hydroxyl groups is 3. The number of hydrogen-bond acceptors (Lipinski definition) is 8. The average molecular weight is 418 g/mol. The molecule has 0 bridgehead atoms. The molecular formula is C22H26O8. The van der Waals surface area contributed by atoms with Gasteiger partial charge in [-0.05, 0) is 40.5 Å². The molecule has 8 nitrogen and oxygen atoms in total. The number of rotatable bonds is 6. The molecule has 3 N–H and O–H groups in total. The minimum Gasteiger partial charge on any atom is -0.507 e. The second-order valence-electron chi connectivity index (χ2n) is 8.25. The van der Waals surface area contributed by atoms with Crippen LogP contribution in [0.2, 0.25) is 0 Å². The Labute approximate surface area is 173 Å². The first kappa shape index (κ1) is 23.3. The van der Waals surface area contributed by atoms with Gasteiger partial charge in [0.15, 0.2) is 23.1 Å². The van der Waals surface area contributed by atoms with Gasteiger partial charge in [-0.25, -0.2) is 0 Å². The third kappa shape index (κ3) is 3.51. The number of carbonyl (C=O) groups is 5. The van der Waals surface area contributed by atoms with Crippen LogP contribution in [0.4, 0.5) is 0 Å². The van der Waals surface area contributed by atoms with Crippen LogP contribution in [0.1, 0.15) is 62.0 Å². The van der Waals surface area contributed by atoms with Crippen LogP contribution in [-0.4, -0.2) is 44.2 Å². The smallest absolute Gasteiger partial charge is 0.170 e. The number of phenols is 3. The molecule has 30 heavy (non-hydrogen) atoms. The number of hydrogen-bond donors (Lipinski definition) is 3. The van der Waals surface area contributed by atoms with Crippen molar-refractivity contribution < 1.29 is 39.3 Å². The molecule has 1 aromatic carbocycles. The quantitative estimate of drug-likeness (QED) is 0.471. The van der Waals surface area contributed by atoms with Gasteiger partial charge < -0.3 is 15.3 Å². The van der Waals surface area contributed by atoms with E-state index < -0.39 is 75.4 Å². The maximum atomic E-state index is 12.9. The van der Waals surface area contributed by atoms with Crippen molar-refractivity contribution in [3.8, 4) is 17.2 Å². The van der Waals surface area contributed by atoms with Gasteiger partial charge in [-0.1, -0.05) is 6.92 Å². The zero-order valence-corrected chi connectivity index (χ0v) is 17.7. The van der Waals surface area contributed by atoms with Crippen LogP contribution in [0.3, 0.4) is 0 Å². The number of phenolic OH excluding ortho intramolecular Hbond substituents is 3.